The largest absolute Gasteiger partial charge is 0.229 e. The summed E-state index contributed by atoms with van der Waals surface area (Å²) >= 11 is 0. The van der Waals surface area contributed by atoms with Crippen LogP contribution in [0.5, 0.6) is 0 Å². The Morgan fingerprint density at radius 1 is 0.864 bits per heavy atom. The number of nitrogens with zero attached hydrogens (tertiary/aromatic N) is 4. The van der Waals surface area contributed by atoms with E-state index in [2.05, 4.69) is 84.0 Å². The Hall–Kier alpha value is -2.49. The highest BCUT2D eigenvalue weighted by atomic mass is 15.5. The maximum absolute atomic E-state index is 4.06. The van der Waals surface area contributed by atoms with Crippen LogP contribution in [-0.4, -0.2) is 20.2 Å². The minimum atomic E-state index is 0.396. The molecule has 4 nitrogen and oxygen atoms in total. The third kappa shape index (κ3) is 2.77. The number of tetrazole rings is 1. The van der Waals surface area contributed by atoms with Crippen LogP contribution >= 0.6 is 0 Å². The van der Waals surface area contributed by atoms with Gasteiger partial charge in [0, 0.05) is 18.5 Å². The van der Waals surface area contributed by atoms with Crippen LogP contribution in [0.25, 0.3) is 11.4 Å². The Morgan fingerprint density at radius 3 is 2.05 bits per heavy atom. The van der Waals surface area contributed by atoms with Gasteiger partial charge in [-0.3, -0.25) is 0 Å². The maximum atomic E-state index is 4.06. The Kier molecular flexibility index (Phi) is 4.00. The van der Waals surface area contributed by atoms with Crippen LogP contribution in [0.1, 0.15) is 30.9 Å². The third-order valence-corrected chi connectivity index (χ3v) is 3.97. The highest BCUT2D eigenvalue weighted by Gasteiger charge is 2.18. The second kappa shape index (κ2) is 6.10. The number of rotatable bonds is 4. The van der Waals surface area contributed by atoms with Crippen molar-refractivity contribution in [2.45, 2.75) is 19.8 Å². The van der Waals surface area contributed by atoms with Gasteiger partial charge in [-0.05, 0) is 27.5 Å². The van der Waals surface area contributed by atoms with Gasteiger partial charge in [-0.25, -0.2) is 4.68 Å². The molecule has 0 spiro atoms. The summed E-state index contributed by atoms with van der Waals surface area (Å²) in [4.78, 5) is 0. The molecule has 0 radical (unpaired) electrons. The number of aryl methyl sites for hydroxylation is 1. The van der Waals surface area contributed by atoms with Crippen LogP contribution in [0.4, 0.5) is 0 Å². The van der Waals surface area contributed by atoms with Crippen molar-refractivity contribution in [2.75, 3.05) is 0 Å². The molecule has 2 aromatic carbocycles. The average Bonchev–Trinajstić information content (AvgIpc) is 2.95. The smallest absolute Gasteiger partial charge is 0.181 e. The molecule has 0 saturated heterocycles. The standard InChI is InChI=1S/C18H20N4/c1-13(2)17(14-7-5-4-6-8-14)15-9-11-16(12-10-15)18-19-20-21-22(18)3/h4-13,17H,1-3H3. The quantitative estimate of drug-likeness (QED) is 0.737. The van der Waals surface area contributed by atoms with E-state index in [1.165, 1.54) is 11.1 Å². The molecule has 3 aromatic rings. The van der Waals surface area contributed by atoms with Crippen molar-refractivity contribution in [3.05, 3.63) is 65.7 Å². The summed E-state index contributed by atoms with van der Waals surface area (Å²) < 4.78 is 1.69. The van der Waals surface area contributed by atoms with Crippen LogP contribution in [0, 0.1) is 5.92 Å². The molecule has 0 aliphatic heterocycles. The van der Waals surface area contributed by atoms with E-state index in [1.54, 1.807) is 4.68 Å². The molecule has 0 amide bonds. The van der Waals surface area contributed by atoms with E-state index in [-0.39, 0.29) is 0 Å². The summed E-state index contributed by atoms with van der Waals surface area (Å²) in [7, 11) is 1.85. The molecule has 0 saturated carbocycles. The lowest BCUT2D eigenvalue weighted by atomic mass is 9.82. The van der Waals surface area contributed by atoms with Gasteiger partial charge in [0.15, 0.2) is 5.82 Å². The molecule has 0 aliphatic rings. The lowest BCUT2D eigenvalue weighted by Crippen LogP contribution is -2.08. The molecule has 22 heavy (non-hydrogen) atoms. The van der Waals surface area contributed by atoms with Crippen molar-refractivity contribution in [3.8, 4) is 11.4 Å². The van der Waals surface area contributed by atoms with Crippen molar-refractivity contribution in [1.82, 2.24) is 20.2 Å². The van der Waals surface area contributed by atoms with Crippen molar-refractivity contribution in [3.63, 3.8) is 0 Å². The van der Waals surface area contributed by atoms with E-state index in [9.17, 15) is 0 Å². The Labute approximate surface area is 130 Å². The molecule has 0 fully saturated rings. The molecule has 1 unspecified atom stereocenters. The van der Waals surface area contributed by atoms with Crippen LogP contribution in [0.15, 0.2) is 54.6 Å². The van der Waals surface area contributed by atoms with Crippen molar-refractivity contribution >= 4 is 0 Å². The molecule has 0 N–H and O–H groups in total. The first-order valence-corrected chi connectivity index (χ1v) is 7.54. The number of benzene rings is 2. The Balaban J connectivity index is 1.95. The van der Waals surface area contributed by atoms with E-state index in [1.807, 2.05) is 7.05 Å². The lowest BCUT2D eigenvalue weighted by Gasteiger charge is -2.22. The molecule has 0 aliphatic carbocycles. The summed E-state index contributed by atoms with van der Waals surface area (Å²) in [6.07, 6.45) is 0. The molecular weight excluding hydrogens is 272 g/mol. The summed E-state index contributed by atoms with van der Waals surface area (Å²) in [5.74, 6) is 1.71. The first kappa shape index (κ1) is 14.4. The van der Waals surface area contributed by atoms with E-state index >= 15 is 0 Å². The van der Waals surface area contributed by atoms with Gasteiger partial charge in [0.05, 0.1) is 0 Å². The summed E-state index contributed by atoms with van der Waals surface area (Å²) in [6, 6.07) is 19.2. The fourth-order valence-corrected chi connectivity index (χ4v) is 2.94. The SMILES string of the molecule is CC(C)C(c1ccccc1)c1ccc(-c2nnnn2C)cc1. The molecule has 0 bridgehead atoms. The van der Waals surface area contributed by atoms with Crippen LogP contribution < -0.4 is 0 Å². The van der Waals surface area contributed by atoms with Crippen molar-refractivity contribution in [1.29, 1.82) is 0 Å². The van der Waals surface area contributed by atoms with Gasteiger partial charge in [0.25, 0.3) is 0 Å². The summed E-state index contributed by atoms with van der Waals surface area (Å²) in [5, 5.41) is 11.6. The number of hydrogen-bond donors (Lipinski definition) is 0. The Morgan fingerprint density at radius 2 is 1.50 bits per heavy atom. The number of hydrogen-bond acceptors (Lipinski definition) is 3. The van der Waals surface area contributed by atoms with Crippen LogP contribution in [0.2, 0.25) is 0 Å². The minimum Gasteiger partial charge on any atom is -0.229 e. The van der Waals surface area contributed by atoms with Crippen molar-refractivity contribution < 1.29 is 0 Å². The first-order chi connectivity index (χ1) is 10.7. The zero-order valence-corrected chi connectivity index (χ0v) is 13.1. The second-order valence-corrected chi connectivity index (χ2v) is 5.88. The fourth-order valence-electron chi connectivity index (χ4n) is 2.94. The monoisotopic (exact) mass is 292 g/mol. The number of aromatic nitrogens is 4. The van der Waals surface area contributed by atoms with Crippen molar-refractivity contribution in [2.24, 2.45) is 13.0 Å². The normalized spacial score (nSPS) is 12.5. The molecule has 1 atom stereocenters. The van der Waals surface area contributed by atoms with Gasteiger partial charge in [0.2, 0.25) is 0 Å². The van der Waals surface area contributed by atoms with Gasteiger partial charge in [0.1, 0.15) is 0 Å². The first-order valence-electron chi connectivity index (χ1n) is 7.54. The van der Waals surface area contributed by atoms with Crippen LogP contribution in [-0.2, 0) is 7.05 Å². The highest BCUT2D eigenvalue weighted by Crippen LogP contribution is 2.32. The van der Waals surface area contributed by atoms with Gasteiger partial charge >= 0.3 is 0 Å². The Bertz CT molecular complexity index is 729. The predicted octanol–water partition coefficient (Wildman–Crippen LogP) is 3.67. The molecule has 112 valence electrons. The van der Waals surface area contributed by atoms with Gasteiger partial charge in [-0.2, -0.15) is 0 Å². The zero-order chi connectivity index (χ0) is 15.5. The average molecular weight is 292 g/mol. The minimum absolute atomic E-state index is 0.396. The van der Waals surface area contributed by atoms with Gasteiger partial charge < -0.3 is 0 Å². The molecular formula is C18H20N4. The summed E-state index contributed by atoms with van der Waals surface area (Å²) in [5.41, 5.74) is 3.71. The maximum Gasteiger partial charge on any atom is 0.181 e. The summed E-state index contributed by atoms with van der Waals surface area (Å²) in [6.45, 7) is 4.52. The second-order valence-electron chi connectivity index (χ2n) is 5.88. The third-order valence-electron chi connectivity index (χ3n) is 3.97. The molecule has 4 heteroatoms. The lowest BCUT2D eigenvalue weighted by molar-refractivity contribution is 0.564. The topological polar surface area (TPSA) is 43.6 Å². The van der Waals surface area contributed by atoms with Crippen LogP contribution in [0.3, 0.4) is 0 Å². The van der Waals surface area contributed by atoms with E-state index < -0.39 is 0 Å². The molecule has 1 aromatic heterocycles. The van der Waals surface area contributed by atoms with Gasteiger partial charge in [-0.1, -0.05) is 68.4 Å². The van der Waals surface area contributed by atoms with E-state index in [0.717, 1.165) is 11.4 Å². The van der Waals surface area contributed by atoms with E-state index in [0.29, 0.717) is 11.8 Å². The zero-order valence-electron chi connectivity index (χ0n) is 13.1. The predicted molar refractivity (Wildman–Crippen MR) is 87.4 cm³/mol. The van der Waals surface area contributed by atoms with Gasteiger partial charge in [-0.15, -0.1) is 5.10 Å². The highest BCUT2D eigenvalue weighted by molar-refractivity contribution is 5.55. The molecule has 1 heterocycles. The fraction of sp³-hybridized carbons (Fsp3) is 0.278. The molecule has 3 rings (SSSR count). The van der Waals surface area contributed by atoms with E-state index in [4.69, 9.17) is 0 Å².